The zero-order valence-corrected chi connectivity index (χ0v) is 7.82. The maximum absolute atomic E-state index is 11.1. The third kappa shape index (κ3) is 1.74. The Kier molecular flexibility index (Phi) is 2.18. The molecular weight excluding hydrogens is 178 g/mol. The molecule has 1 amide bonds. The van der Waals surface area contributed by atoms with Gasteiger partial charge in [0.25, 0.3) is 5.91 Å². The van der Waals surface area contributed by atoms with Crippen LogP contribution < -0.4 is 10.6 Å². The van der Waals surface area contributed by atoms with Gasteiger partial charge in [-0.05, 0) is 19.1 Å². The first kappa shape index (κ1) is 8.74. The van der Waals surface area contributed by atoms with Crippen LogP contribution in [0.5, 0.6) is 0 Å². The fraction of sp³-hybridized carbons (Fsp3) is 0.200. The first-order valence-electron chi connectivity index (χ1n) is 4.46. The van der Waals surface area contributed by atoms with Crippen LogP contribution in [-0.4, -0.2) is 17.9 Å². The number of nitrogens with zero attached hydrogens (tertiary/aromatic N) is 1. The number of guanidine groups is 1. The lowest BCUT2D eigenvalue weighted by Crippen LogP contribution is -2.31. The second-order valence-corrected chi connectivity index (χ2v) is 3.13. The lowest BCUT2D eigenvalue weighted by atomic mass is 10.3. The minimum Gasteiger partial charge on any atom is -0.326 e. The van der Waals surface area contributed by atoms with E-state index in [2.05, 4.69) is 15.6 Å². The SMILES string of the molecule is C[C@@H]1N=C(Nc2ccccc2)NC1=O. The zero-order valence-electron chi connectivity index (χ0n) is 7.82. The molecule has 0 radical (unpaired) electrons. The third-order valence-corrected chi connectivity index (χ3v) is 1.98. The summed E-state index contributed by atoms with van der Waals surface area (Å²) in [7, 11) is 0. The monoisotopic (exact) mass is 189 g/mol. The summed E-state index contributed by atoms with van der Waals surface area (Å²) in [4.78, 5) is 15.2. The van der Waals surface area contributed by atoms with Crippen LogP contribution >= 0.6 is 0 Å². The molecule has 0 bridgehead atoms. The van der Waals surface area contributed by atoms with E-state index in [0.717, 1.165) is 5.69 Å². The molecule has 0 aromatic heterocycles. The summed E-state index contributed by atoms with van der Waals surface area (Å²) < 4.78 is 0. The smallest absolute Gasteiger partial charge is 0.251 e. The Morgan fingerprint density at radius 3 is 2.64 bits per heavy atom. The number of amides is 1. The highest BCUT2D eigenvalue weighted by Crippen LogP contribution is 2.07. The van der Waals surface area contributed by atoms with E-state index in [1.54, 1.807) is 6.92 Å². The fourth-order valence-electron chi connectivity index (χ4n) is 1.23. The highest BCUT2D eigenvalue weighted by molar-refractivity contribution is 6.10. The van der Waals surface area contributed by atoms with E-state index in [9.17, 15) is 4.79 Å². The molecule has 4 nitrogen and oxygen atoms in total. The van der Waals surface area contributed by atoms with Crippen LogP contribution in [0.1, 0.15) is 6.92 Å². The molecule has 0 spiro atoms. The molecule has 14 heavy (non-hydrogen) atoms. The molecule has 0 saturated carbocycles. The van der Waals surface area contributed by atoms with Crippen LogP contribution in [0.3, 0.4) is 0 Å². The summed E-state index contributed by atoms with van der Waals surface area (Å²) >= 11 is 0. The average Bonchev–Trinajstić information content (AvgIpc) is 2.47. The van der Waals surface area contributed by atoms with Gasteiger partial charge in [-0.2, -0.15) is 0 Å². The van der Waals surface area contributed by atoms with Gasteiger partial charge in [0.15, 0.2) is 0 Å². The molecule has 0 unspecified atom stereocenters. The van der Waals surface area contributed by atoms with Gasteiger partial charge in [0.2, 0.25) is 5.96 Å². The highest BCUT2D eigenvalue weighted by Gasteiger charge is 2.21. The van der Waals surface area contributed by atoms with Gasteiger partial charge in [0.1, 0.15) is 6.04 Å². The topological polar surface area (TPSA) is 53.5 Å². The van der Waals surface area contributed by atoms with E-state index in [4.69, 9.17) is 0 Å². The van der Waals surface area contributed by atoms with Crippen LogP contribution in [-0.2, 0) is 4.79 Å². The fourth-order valence-corrected chi connectivity index (χ4v) is 1.23. The van der Waals surface area contributed by atoms with Crippen molar-refractivity contribution in [1.29, 1.82) is 0 Å². The zero-order chi connectivity index (χ0) is 9.97. The van der Waals surface area contributed by atoms with Crippen LogP contribution in [0.25, 0.3) is 0 Å². The van der Waals surface area contributed by atoms with Crippen LogP contribution in [0, 0.1) is 0 Å². The van der Waals surface area contributed by atoms with Crippen LogP contribution in [0.2, 0.25) is 0 Å². The van der Waals surface area contributed by atoms with Crippen molar-refractivity contribution in [2.24, 2.45) is 4.99 Å². The van der Waals surface area contributed by atoms with Gasteiger partial charge in [-0.15, -0.1) is 0 Å². The quantitative estimate of drug-likeness (QED) is 0.691. The highest BCUT2D eigenvalue weighted by atomic mass is 16.2. The maximum Gasteiger partial charge on any atom is 0.251 e. The Bertz CT molecular complexity index is 372. The molecule has 0 aliphatic carbocycles. The molecule has 0 fully saturated rings. The van der Waals surface area contributed by atoms with E-state index < -0.39 is 0 Å². The van der Waals surface area contributed by atoms with E-state index in [-0.39, 0.29) is 11.9 Å². The summed E-state index contributed by atoms with van der Waals surface area (Å²) in [6.45, 7) is 1.76. The number of aliphatic imine (C=N–C) groups is 1. The van der Waals surface area contributed by atoms with E-state index in [1.807, 2.05) is 30.3 Å². The lowest BCUT2D eigenvalue weighted by Gasteiger charge is -2.04. The van der Waals surface area contributed by atoms with Crippen molar-refractivity contribution < 1.29 is 4.79 Å². The maximum atomic E-state index is 11.1. The van der Waals surface area contributed by atoms with Crippen molar-refractivity contribution in [2.75, 3.05) is 5.32 Å². The van der Waals surface area contributed by atoms with Gasteiger partial charge in [0, 0.05) is 5.69 Å². The predicted octanol–water partition coefficient (Wildman–Crippen LogP) is 0.973. The molecule has 1 heterocycles. The van der Waals surface area contributed by atoms with Gasteiger partial charge in [-0.1, -0.05) is 18.2 Å². The van der Waals surface area contributed by atoms with Gasteiger partial charge >= 0.3 is 0 Å². The minimum absolute atomic E-state index is 0.0663. The number of nitrogens with one attached hydrogen (secondary N) is 2. The summed E-state index contributed by atoms with van der Waals surface area (Å²) in [6, 6.07) is 9.31. The normalized spacial score (nSPS) is 20.2. The molecule has 1 aromatic carbocycles. The van der Waals surface area contributed by atoms with E-state index >= 15 is 0 Å². The van der Waals surface area contributed by atoms with E-state index in [0.29, 0.717) is 5.96 Å². The molecule has 1 aliphatic rings. The van der Waals surface area contributed by atoms with Gasteiger partial charge < -0.3 is 5.32 Å². The minimum atomic E-state index is -0.291. The van der Waals surface area contributed by atoms with Crippen LogP contribution in [0.15, 0.2) is 35.3 Å². The number of anilines is 1. The molecule has 1 aromatic rings. The molecule has 72 valence electrons. The molecule has 2 N–H and O–H groups in total. The third-order valence-electron chi connectivity index (χ3n) is 1.98. The number of hydrogen-bond donors (Lipinski definition) is 2. The number of carbonyl (C=O) groups excluding carboxylic acids is 1. The van der Waals surface area contributed by atoms with Crippen molar-refractivity contribution in [3.8, 4) is 0 Å². The number of para-hydroxylation sites is 1. The number of hydrogen-bond acceptors (Lipinski definition) is 3. The first-order valence-corrected chi connectivity index (χ1v) is 4.46. The predicted molar refractivity (Wildman–Crippen MR) is 55.1 cm³/mol. The van der Waals surface area contributed by atoms with Crippen LogP contribution in [0.4, 0.5) is 5.69 Å². The Labute approximate surface area is 82.0 Å². The molecule has 0 saturated heterocycles. The Morgan fingerprint density at radius 1 is 1.36 bits per heavy atom. The van der Waals surface area contributed by atoms with Gasteiger partial charge in [0.05, 0.1) is 0 Å². The summed E-state index contributed by atoms with van der Waals surface area (Å²) in [5.74, 6) is 0.456. The molecular formula is C10H11N3O. The van der Waals surface area contributed by atoms with Crippen molar-refractivity contribution >= 4 is 17.6 Å². The van der Waals surface area contributed by atoms with Crippen molar-refractivity contribution in [1.82, 2.24) is 5.32 Å². The summed E-state index contributed by atoms with van der Waals surface area (Å²) in [5, 5.41) is 5.67. The molecule has 1 aliphatic heterocycles. The standard InChI is InChI=1S/C10H11N3O/c1-7-9(14)13-10(11-7)12-8-5-3-2-4-6-8/h2-7H,1H3,(H2,11,12,13,14)/t7-/m0/s1. The van der Waals surface area contributed by atoms with Gasteiger partial charge in [-0.25, -0.2) is 4.99 Å². The number of rotatable bonds is 1. The first-order chi connectivity index (χ1) is 6.75. The average molecular weight is 189 g/mol. The Hall–Kier alpha value is -1.84. The second kappa shape index (κ2) is 3.49. The largest absolute Gasteiger partial charge is 0.326 e. The second-order valence-electron chi connectivity index (χ2n) is 3.13. The number of benzene rings is 1. The summed E-state index contributed by atoms with van der Waals surface area (Å²) in [6.07, 6.45) is 0. The Morgan fingerprint density at radius 2 is 2.07 bits per heavy atom. The molecule has 4 heteroatoms. The molecule has 2 rings (SSSR count). The summed E-state index contributed by atoms with van der Waals surface area (Å²) in [5.41, 5.74) is 0.917. The lowest BCUT2D eigenvalue weighted by molar-refractivity contribution is -0.119. The molecule has 1 atom stereocenters. The van der Waals surface area contributed by atoms with E-state index in [1.165, 1.54) is 0 Å². The Balaban J connectivity index is 2.07. The van der Waals surface area contributed by atoms with Crippen molar-refractivity contribution in [2.45, 2.75) is 13.0 Å². The van der Waals surface area contributed by atoms with Crippen molar-refractivity contribution in [3.05, 3.63) is 30.3 Å². The number of carbonyl (C=O) groups is 1. The van der Waals surface area contributed by atoms with Crippen molar-refractivity contribution in [3.63, 3.8) is 0 Å². The van der Waals surface area contributed by atoms with Gasteiger partial charge in [-0.3, -0.25) is 10.1 Å².